The van der Waals surface area contributed by atoms with E-state index >= 15 is 0 Å². The van der Waals surface area contributed by atoms with Crippen molar-refractivity contribution < 1.29 is 14.6 Å². The van der Waals surface area contributed by atoms with E-state index in [2.05, 4.69) is 0 Å². The highest BCUT2D eigenvalue weighted by Gasteiger charge is 2.07. The zero-order valence-corrected chi connectivity index (χ0v) is 10.8. The molecular formula is C12H17NO3S. The standard InChI is InChI=1S/C12H17NO3S/c1-8(14)5-6-16-10-4-3-9(12(13)17)7-11(10)15-2/h3-4,7-8,14H,5-6H2,1-2H3,(H2,13,17). The highest BCUT2D eigenvalue weighted by Crippen LogP contribution is 2.28. The molecule has 1 aromatic carbocycles. The van der Waals surface area contributed by atoms with Gasteiger partial charge in [-0.15, -0.1) is 0 Å². The second-order valence-electron chi connectivity index (χ2n) is 3.72. The number of rotatable bonds is 6. The lowest BCUT2D eigenvalue weighted by Gasteiger charge is -2.12. The van der Waals surface area contributed by atoms with Crippen LogP contribution in [0.5, 0.6) is 11.5 Å². The third kappa shape index (κ3) is 4.20. The summed E-state index contributed by atoms with van der Waals surface area (Å²) in [4.78, 5) is 0.318. The quantitative estimate of drug-likeness (QED) is 0.754. The van der Waals surface area contributed by atoms with Crippen molar-refractivity contribution in [3.8, 4) is 11.5 Å². The van der Waals surface area contributed by atoms with Gasteiger partial charge in [-0.3, -0.25) is 0 Å². The molecule has 0 radical (unpaired) electrons. The van der Waals surface area contributed by atoms with E-state index in [1.165, 1.54) is 0 Å². The molecule has 0 fully saturated rings. The summed E-state index contributed by atoms with van der Waals surface area (Å²) >= 11 is 4.88. The van der Waals surface area contributed by atoms with Crippen LogP contribution in [0.4, 0.5) is 0 Å². The highest BCUT2D eigenvalue weighted by molar-refractivity contribution is 7.80. The van der Waals surface area contributed by atoms with Crippen LogP contribution in [0, 0.1) is 0 Å². The Bertz CT molecular complexity index is 393. The van der Waals surface area contributed by atoms with Gasteiger partial charge < -0.3 is 20.3 Å². The minimum atomic E-state index is -0.378. The maximum Gasteiger partial charge on any atom is 0.161 e. The molecule has 0 aliphatic heterocycles. The molecule has 94 valence electrons. The van der Waals surface area contributed by atoms with E-state index in [0.717, 1.165) is 5.56 Å². The minimum Gasteiger partial charge on any atom is -0.493 e. The van der Waals surface area contributed by atoms with E-state index in [1.807, 2.05) is 0 Å². The molecule has 0 saturated heterocycles. The molecule has 1 rings (SSSR count). The molecule has 3 N–H and O–H groups in total. The zero-order valence-electron chi connectivity index (χ0n) is 9.97. The van der Waals surface area contributed by atoms with Gasteiger partial charge in [0.25, 0.3) is 0 Å². The first-order valence-corrected chi connectivity index (χ1v) is 5.74. The summed E-state index contributed by atoms with van der Waals surface area (Å²) in [6.07, 6.45) is 0.192. The van der Waals surface area contributed by atoms with Crippen molar-refractivity contribution in [3.05, 3.63) is 23.8 Å². The van der Waals surface area contributed by atoms with Crippen LogP contribution >= 0.6 is 12.2 Å². The molecule has 0 bridgehead atoms. The summed E-state index contributed by atoms with van der Waals surface area (Å²) in [6, 6.07) is 5.28. The van der Waals surface area contributed by atoms with Crippen LogP contribution in [0.1, 0.15) is 18.9 Å². The van der Waals surface area contributed by atoms with Crippen molar-refractivity contribution >= 4 is 17.2 Å². The van der Waals surface area contributed by atoms with E-state index < -0.39 is 0 Å². The number of thiocarbonyl (C=S) groups is 1. The summed E-state index contributed by atoms with van der Waals surface area (Å²) in [6.45, 7) is 2.15. The fraction of sp³-hybridized carbons (Fsp3) is 0.417. The Balaban J connectivity index is 2.75. The Kier molecular flexibility index (Phi) is 5.18. The van der Waals surface area contributed by atoms with Crippen LogP contribution in [0.2, 0.25) is 0 Å². The van der Waals surface area contributed by atoms with Crippen molar-refractivity contribution in [1.82, 2.24) is 0 Å². The van der Waals surface area contributed by atoms with Crippen LogP contribution in [0.25, 0.3) is 0 Å². The molecule has 0 saturated carbocycles. The predicted octanol–water partition coefficient (Wildman–Crippen LogP) is 1.48. The van der Waals surface area contributed by atoms with Gasteiger partial charge in [0.05, 0.1) is 19.8 Å². The van der Waals surface area contributed by atoms with E-state index in [4.69, 9.17) is 32.5 Å². The van der Waals surface area contributed by atoms with Crippen molar-refractivity contribution in [2.45, 2.75) is 19.4 Å². The van der Waals surface area contributed by atoms with Crippen molar-refractivity contribution in [2.75, 3.05) is 13.7 Å². The van der Waals surface area contributed by atoms with Crippen molar-refractivity contribution in [1.29, 1.82) is 0 Å². The molecule has 0 spiro atoms. The van der Waals surface area contributed by atoms with Gasteiger partial charge in [-0.2, -0.15) is 0 Å². The van der Waals surface area contributed by atoms with Gasteiger partial charge in [0.2, 0.25) is 0 Å². The number of aliphatic hydroxyl groups excluding tert-OH is 1. The van der Waals surface area contributed by atoms with Gasteiger partial charge in [-0.1, -0.05) is 12.2 Å². The normalized spacial score (nSPS) is 11.9. The van der Waals surface area contributed by atoms with Crippen molar-refractivity contribution in [2.24, 2.45) is 5.73 Å². The number of hydrogen-bond acceptors (Lipinski definition) is 4. The molecule has 0 aromatic heterocycles. The number of nitrogens with two attached hydrogens (primary N) is 1. The number of ether oxygens (including phenoxy) is 2. The molecule has 0 amide bonds. The van der Waals surface area contributed by atoms with E-state index in [1.54, 1.807) is 32.2 Å². The Hall–Kier alpha value is -1.33. The van der Waals surface area contributed by atoms with Crippen LogP contribution in [0.3, 0.4) is 0 Å². The fourth-order valence-corrected chi connectivity index (χ4v) is 1.41. The fourth-order valence-electron chi connectivity index (χ4n) is 1.28. The summed E-state index contributed by atoms with van der Waals surface area (Å²) in [5, 5.41) is 9.13. The van der Waals surface area contributed by atoms with Gasteiger partial charge in [0.1, 0.15) is 4.99 Å². The molecule has 0 aliphatic carbocycles. The molecule has 1 unspecified atom stereocenters. The van der Waals surface area contributed by atoms with Crippen LogP contribution in [-0.2, 0) is 0 Å². The smallest absolute Gasteiger partial charge is 0.161 e. The Morgan fingerprint density at radius 3 is 2.71 bits per heavy atom. The van der Waals surface area contributed by atoms with Crippen molar-refractivity contribution in [3.63, 3.8) is 0 Å². The molecule has 17 heavy (non-hydrogen) atoms. The summed E-state index contributed by atoms with van der Waals surface area (Å²) in [5.74, 6) is 1.20. The van der Waals surface area contributed by atoms with Crippen LogP contribution < -0.4 is 15.2 Å². The summed E-state index contributed by atoms with van der Waals surface area (Å²) < 4.78 is 10.7. The van der Waals surface area contributed by atoms with Gasteiger partial charge in [0.15, 0.2) is 11.5 Å². The molecule has 1 aromatic rings. The van der Waals surface area contributed by atoms with E-state index in [9.17, 15) is 0 Å². The van der Waals surface area contributed by atoms with Crippen LogP contribution in [-0.4, -0.2) is 29.9 Å². The monoisotopic (exact) mass is 255 g/mol. The Morgan fingerprint density at radius 2 is 2.18 bits per heavy atom. The first kappa shape index (κ1) is 13.7. The minimum absolute atomic E-state index is 0.318. The lowest BCUT2D eigenvalue weighted by molar-refractivity contribution is 0.154. The zero-order chi connectivity index (χ0) is 12.8. The predicted molar refractivity (Wildman–Crippen MR) is 70.7 cm³/mol. The topological polar surface area (TPSA) is 64.7 Å². The second kappa shape index (κ2) is 6.42. The van der Waals surface area contributed by atoms with Gasteiger partial charge in [-0.05, 0) is 25.1 Å². The average Bonchev–Trinajstić information content (AvgIpc) is 2.28. The highest BCUT2D eigenvalue weighted by atomic mass is 32.1. The first-order chi connectivity index (χ1) is 8.04. The Morgan fingerprint density at radius 1 is 1.47 bits per heavy atom. The van der Waals surface area contributed by atoms with E-state index in [0.29, 0.717) is 29.5 Å². The third-order valence-corrected chi connectivity index (χ3v) is 2.48. The molecule has 4 nitrogen and oxygen atoms in total. The lowest BCUT2D eigenvalue weighted by Crippen LogP contribution is -2.10. The SMILES string of the molecule is COc1cc(C(N)=S)ccc1OCCC(C)O. The van der Waals surface area contributed by atoms with Crippen LogP contribution in [0.15, 0.2) is 18.2 Å². The number of benzene rings is 1. The second-order valence-corrected chi connectivity index (χ2v) is 4.16. The van der Waals surface area contributed by atoms with Gasteiger partial charge in [-0.25, -0.2) is 0 Å². The maximum atomic E-state index is 9.13. The molecule has 0 heterocycles. The van der Waals surface area contributed by atoms with Gasteiger partial charge in [0, 0.05) is 12.0 Å². The number of aliphatic hydroxyl groups is 1. The Labute approximate surface area is 106 Å². The largest absolute Gasteiger partial charge is 0.493 e. The molecule has 0 aliphatic rings. The van der Waals surface area contributed by atoms with E-state index in [-0.39, 0.29) is 6.10 Å². The summed E-state index contributed by atoms with van der Waals surface area (Å²) in [5.41, 5.74) is 6.27. The summed E-state index contributed by atoms with van der Waals surface area (Å²) in [7, 11) is 1.56. The molecule has 5 heteroatoms. The molecular weight excluding hydrogens is 238 g/mol. The van der Waals surface area contributed by atoms with Gasteiger partial charge >= 0.3 is 0 Å². The maximum absolute atomic E-state index is 9.13. The number of hydrogen-bond donors (Lipinski definition) is 2. The molecule has 1 atom stereocenters. The average molecular weight is 255 g/mol. The third-order valence-electron chi connectivity index (χ3n) is 2.24. The lowest BCUT2D eigenvalue weighted by atomic mass is 10.2. The first-order valence-electron chi connectivity index (χ1n) is 5.33. The number of methoxy groups -OCH3 is 1.